The quantitative estimate of drug-likeness (QED) is 0.388. The summed E-state index contributed by atoms with van der Waals surface area (Å²) in [7, 11) is 0. The number of hydrogen-bond donors (Lipinski definition) is 1. The first kappa shape index (κ1) is 19.1. The molecule has 1 aromatic carbocycles. The van der Waals surface area contributed by atoms with E-state index in [2.05, 4.69) is 17.2 Å². The largest absolute Gasteiger partial charge is 0.539 e. The predicted molar refractivity (Wildman–Crippen MR) is 108 cm³/mol. The van der Waals surface area contributed by atoms with E-state index in [1.165, 1.54) is 16.0 Å². The van der Waals surface area contributed by atoms with Crippen molar-refractivity contribution in [1.82, 2.24) is 10.3 Å². The van der Waals surface area contributed by atoms with Crippen molar-refractivity contribution in [2.45, 2.75) is 33.1 Å². The number of unbranched alkanes of at least 4 members (excludes halogenated alkanes) is 1. The summed E-state index contributed by atoms with van der Waals surface area (Å²) >= 11 is 1.19. The molecule has 4 rings (SSSR count). The molecule has 0 aliphatic carbocycles. The second-order valence-electron chi connectivity index (χ2n) is 6.89. The van der Waals surface area contributed by atoms with Crippen LogP contribution in [-0.4, -0.2) is 16.0 Å². The Morgan fingerprint density at radius 1 is 1.24 bits per heavy atom. The fraction of sp³-hybridized carbons (Fsp3) is 0.238. The highest BCUT2D eigenvalue weighted by molar-refractivity contribution is 7.21. The van der Waals surface area contributed by atoms with E-state index >= 15 is 0 Å². The normalized spacial score (nSPS) is 11.2. The summed E-state index contributed by atoms with van der Waals surface area (Å²) in [6.45, 7) is 4.07. The van der Waals surface area contributed by atoms with Crippen molar-refractivity contribution >= 4 is 33.0 Å². The molecule has 4 aromatic rings. The average Bonchev–Trinajstić information content (AvgIpc) is 3.26. The molecule has 0 unspecified atom stereocenters. The molecule has 0 bridgehead atoms. The smallest absolute Gasteiger partial charge is 0.312 e. The van der Waals surface area contributed by atoms with E-state index in [0.29, 0.717) is 21.6 Å². The molecular formula is C21H20N4O3S. The predicted octanol–water partition coefficient (Wildman–Crippen LogP) is 3.10. The van der Waals surface area contributed by atoms with Crippen molar-refractivity contribution in [2.75, 3.05) is 5.73 Å². The minimum absolute atomic E-state index is 0.182. The molecule has 2 N–H and O–H groups in total. The van der Waals surface area contributed by atoms with E-state index < -0.39 is 11.7 Å². The zero-order valence-corrected chi connectivity index (χ0v) is 17.0. The summed E-state index contributed by atoms with van der Waals surface area (Å²) in [5.74, 6) is -1.32. The molecule has 0 aliphatic heterocycles. The Kier molecular flexibility index (Phi) is 5.02. The Balaban J connectivity index is 1.77. The summed E-state index contributed by atoms with van der Waals surface area (Å²) in [5.41, 5.74) is 8.95. The number of pyridine rings is 1. The molecule has 0 fully saturated rings. The van der Waals surface area contributed by atoms with Crippen molar-refractivity contribution in [3.63, 3.8) is 0 Å². The number of hydrogen-bond acceptors (Lipinski definition) is 7. The first-order chi connectivity index (χ1) is 14.0. The lowest BCUT2D eigenvalue weighted by atomic mass is 10.1. The fourth-order valence-corrected chi connectivity index (χ4v) is 4.16. The molecule has 0 atom stereocenters. The zero-order valence-electron chi connectivity index (χ0n) is 16.1. The van der Waals surface area contributed by atoms with Gasteiger partial charge in [-0.25, -0.2) is 4.98 Å². The zero-order chi connectivity index (χ0) is 20.5. The molecule has 3 aromatic heterocycles. The maximum Gasteiger partial charge on any atom is 0.312 e. The van der Waals surface area contributed by atoms with Crippen molar-refractivity contribution < 1.29 is 19.1 Å². The van der Waals surface area contributed by atoms with Crippen LogP contribution in [0.15, 0.2) is 40.9 Å². The summed E-state index contributed by atoms with van der Waals surface area (Å²) < 4.78 is 6.00. The number of nitrogen functional groups attached to an aromatic ring is 1. The van der Waals surface area contributed by atoms with E-state index in [1.54, 1.807) is 12.1 Å². The van der Waals surface area contributed by atoms with Crippen LogP contribution in [0.4, 0.5) is 5.69 Å². The van der Waals surface area contributed by atoms with Crippen LogP contribution in [-0.2, 0) is 6.42 Å². The minimum Gasteiger partial charge on any atom is -0.539 e. The SMILES string of the molecule is CCCCc1ccc2c(N)c(C(=O)c3c([O-])on[n+]3-c3ccc(C)cc3)sc2n1. The molecule has 148 valence electrons. The van der Waals surface area contributed by atoms with Crippen molar-refractivity contribution in [3.8, 4) is 11.6 Å². The van der Waals surface area contributed by atoms with E-state index in [1.807, 2.05) is 31.2 Å². The van der Waals surface area contributed by atoms with Gasteiger partial charge in [-0.05, 0) is 36.6 Å². The Labute approximate surface area is 171 Å². The van der Waals surface area contributed by atoms with Gasteiger partial charge in [0.05, 0.1) is 11.0 Å². The molecule has 0 saturated carbocycles. The van der Waals surface area contributed by atoms with Crippen LogP contribution >= 0.6 is 11.3 Å². The number of anilines is 1. The number of rotatable bonds is 6. The van der Waals surface area contributed by atoms with E-state index in [-0.39, 0.29) is 10.6 Å². The highest BCUT2D eigenvalue weighted by atomic mass is 32.1. The van der Waals surface area contributed by atoms with E-state index in [0.717, 1.165) is 30.5 Å². The molecule has 0 saturated heterocycles. The van der Waals surface area contributed by atoms with Crippen LogP contribution in [0.2, 0.25) is 0 Å². The lowest BCUT2D eigenvalue weighted by Crippen LogP contribution is -2.39. The van der Waals surface area contributed by atoms with Gasteiger partial charge in [-0.2, -0.15) is 0 Å². The molecular weight excluding hydrogens is 388 g/mol. The number of ketones is 1. The van der Waals surface area contributed by atoms with Gasteiger partial charge < -0.3 is 15.4 Å². The molecule has 7 nitrogen and oxygen atoms in total. The van der Waals surface area contributed by atoms with E-state index in [4.69, 9.17) is 10.3 Å². The molecule has 29 heavy (non-hydrogen) atoms. The number of thiophene rings is 1. The molecule has 0 radical (unpaired) electrons. The molecule has 3 heterocycles. The number of benzene rings is 1. The minimum atomic E-state index is -0.802. The van der Waals surface area contributed by atoms with Gasteiger partial charge in [0.1, 0.15) is 9.71 Å². The number of aromatic nitrogens is 3. The highest BCUT2D eigenvalue weighted by Gasteiger charge is 2.32. The number of nitrogens with two attached hydrogens (primary N) is 1. The number of aryl methyl sites for hydroxylation is 2. The summed E-state index contributed by atoms with van der Waals surface area (Å²) in [6, 6.07) is 11.1. The standard InChI is InChI=1S/C21H20N4O3S/c1-3-4-5-13-8-11-15-16(22)19(29-20(15)23-13)18(26)17-21(27)28-24-25(17)14-9-6-12(2)7-10-14/h6-11H,3-5H2,1-2H3,(H2-,22,24,26,27). The molecule has 8 heteroatoms. The number of nitrogens with zero attached hydrogens (tertiary/aromatic N) is 3. The van der Waals surface area contributed by atoms with Gasteiger partial charge in [0.2, 0.25) is 5.69 Å². The van der Waals surface area contributed by atoms with Crippen molar-refractivity contribution in [2.24, 2.45) is 0 Å². The van der Waals surface area contributed by atoms with Crippen LogP contribution in [0.1, 0.15) is 46.4 Å². The van der Waals surface area contributed by atoms with Crippen molar-refractivity contribution in [3.05, 3.63) is 58.2 Å². The highest BCUT2D eigenvalue weighted by Crippen LogP contribution is 2.34. The second-order valence-corrected chi connectivity index (χ2v) is 7.89. The van der Waals surface area contributed by atoms with Crippen molar-refractivity contribution in [1.29, 1.82) is 0 Å². The lowest BCUT2D eigenvalue weighted by molar-refractivity contribution is -0.672. The number of carbonyl (C=O) groups is 1. The van der Waals surface area contributed by atoms with Gasteiger partial charge in [0, 0.05) is 23.2 Å². The van der Waals surface area contributed by atoms with Crippen LogP contribution in [0.25, 0.3) is 15.9 Å². The molecule has 0 spiro atoms. The third-order valence-electron chi connectivity index (χ3n) is 4.75. The average molecular weight is 408 g/mol. The van der Waals surface area contributed by atoms with Crippen LogP contribution in [0, 0.1) is 6.92 Å². The first-order valence-electron chi connectivity index (χ1n) is 9.38. The van der Waals surface area contributed by atoms with Gasteiger partial charge in [0.15, 0.2) is 5.95 Å². The Hall–Kier alpha value is -3.26. The van der Waals surface area contributed by atoms with E-state index in [9.17, 15) is 9.90 Å². The summed E-state index contributed by atoms with van der Waals surface area (Å²) in [5, 5.41) is 16.7. The van der Waals surface area contributed by atoms with Crippen LogP contribution < -0.4 is 15.5 Å². The number of fused-ring (bicyclic) bond motifs is 1. The molecule has 0 amide bonds. The van der Waals surface area contributed by atoms with Gasteiger partial charge >= 0.3 is 5.69 Å². The Morgan fingerprint density at radius 2 is 2.00 bits per heavy atom. The van der Waals surface area contributed by atoms with Crippen LogP contribution in [0.3, 0.4) is 0 Å². The topological polar surface area (TPSA) is 109 Å². The fourth-order valence-electron chi connectivity index (χ4n) is 3.11. The van der Waals surface area contributed by atoms with Crippen LogP contribution in [0.5, 0.6) is 5.95 Å². The summed E-state index contributed by atoms with van der Waals surface area (Å²) in [6.07, 6.45) is 2.99. The number of carbonyl (C=O) groups excluding carboxylic acids is 1. The maximum atomic E-state index is 13.2. The first-order valence-corrected chi connectivity index (χ1v) is 10.2. The summed E-state index contributed by atoms with van der Waals surface area (Å²) in [4.78, 5) is 18.8. The third-order valence-corrected chi connectivity index (χ3v) is 5.86. The van der Waals surface area contributed by atoms with Gasteiger partial charge in [0.25, 0.3) is 5.78 Å². The lowest BCUT2D eigenvalue weighted by Gasteiger charge is -1.99. The Bertz CT molecular complexity index is 1190. The monoisotopic (exact) mass is 408 g/mol. The van der Waals surface area contributed by atoms with Gasteiger partial charge in [-0.1, -0.05) is 31.0 Å². The third kappa shape index (κ3) is 3.47. The maximum absolute atomic E-state index is 13.2. The Morgan fingerprint density at radius 3 is 2.72 bits per heavy atom. The van der Waals surface area contributed by atoms with Gasteiger partial charge in [-0.3, -0.25) is 4.79 Å². The molecule has 0 aliphatic rings. The van der Waals surface area contributed by atoms with Gasteiger partial charge in [-0.15, -0.1) is 11.3 Å². The second kappa shape index (κ2) is 7.63.